The third-order valence-corrected chi connectivity index (χ3v) is 4.05. The lowest BCUT2D eigenvalue weighted by atomic mass is 10.0. The van der Waals surface area contributed by atoms with E-state index in [-0.39, 0.29) is 12.1 Å². The van der Waals surface area contributed by atoms with E-state index < -0.39 is 11.6 Å². The Morgan fingerprint density at radius 3 is 2.10 bits per heavy atom. The van der Waals surface area contributed by atoms with E-state index >= 15 is 0 Å². The molecule has 0 saturated heterocycles. The summed E-state index contributed by atoms with van der Waals surface area (Å²) in [5.41, 5.74) is 1.77. The quantitative estimate of drug-likeness (QED) is 0.745. The van der Waals surface area contributed by atoms with Crippen LogP contribution in [0.3, 0.4) is 0 Å². The maximum absolute atomic E-state index is 13.3. The molecule has 0 amide bonds. The number of nitrogens with one attached hydrogen (secondary N) is 1. The summed E-state index contributed by atoms with van der Waals surface area (Å²) < 4.78 is 27.6. The Kier molecular flexibility index (Phi) is 5.48. The van der Waals surface area contributed by atoms with E-state index in [1.807, 2.05) is 31.2 Å². The highest BCUT2D eigenvalue weighted by molar-refractivity contribution is 9.10. The van der Waals surface area contributed by atoms with Crippen molar-refractivity contribution in [1.82, 2.24) is 5.32 Å². The van der Waals surface area contributed by atoms with Crippen molar-refractivity contribution in [2.75, 3.05) is 0 Å². The molecular formula is C17H18BrF2N. The van der Waals surface area contributed by atoms with Gasteiger partial charge in [0.05, 0.1) is 0 Å². The van der Waals surface area contributed by atoms with Crippen molar-refractivity contribution >= 4 is 15.9 Å². The molecule has 21 heavy (non-hydrogen) atoms. The molecule has 0 heterocycles. The van der Waals surface area contributed by atoms with Crippen LogP contribution in [0.1, 0.15) is 43.5 Å². The molecule has 1 N–H and O–H groups in total. The Hall–Kier alpha value is -1.26. The molecule has 0 aliphatic rings. The van der Waals surface area contributed by atoms with Gasteiger partial charge >= 0.3 is 0 Å². The van der Waals surface area contributed by atoms with Crippen LogP contribution in [0.15, 0.2) is 46.9 Å². The first kappa shape index (κ1) is 16.1. The molecule has 2 atom stereocenters. The number of rotatable bonds is 5. The summed E-state index contributed by atoms with van der Waals surface area (Å²) in [6, 6.07) is 11.7. The van der Waals surface area contributed by atoms with Crippen LogP contribution in [0, 0.1) is 11.6 Å². The molecule has 1 nitrogen and oxygen atoms in total. The van der Waals surface area contributed by atoms with Crippen LogP contribution in [-0.2, 0) is 0 Å². The lowest BCUT2D eigenvalue weighted by Crippen LogP contribution is -2.24. The second-order valence-corrected chi connectivity index (χ2v) is 6.02. The molecule has 0 aliphatic carbocycles. The van der Waals surface area contributed by atoms with Gasteiger partial charge in [0.2, 0.25) is 0 Å². The van der Waals surface area contributed by atoms with Crippen molar-refractivity contribution in [1.29, 1.82) is 0 Å². The van der Waals surface area contributed by atoms with Crippen molar-refractivity contribution in [2.24, 2.45) is 0 Å². The summed E-state index contributed by atoms with van der Waals surface area (Å²) in [4.78, 5) is 0. The summed E-state index contributed by atoms with van der Waals surface area (Å²) in [7, 11) is 0. The maximum Gasteiger partial charge on any atom is 0.126 e. The average Bonchev–Trinajstić information content (AvgIpc) is 2.44. The molecule has 0 aromatic heterocycles. The van der Waals surface area contributed by atoms with Gasteiger partial charge in [-0.3, -0.25) is 0 Å². The first-order valence-electron chi connectivity index (χ1n) is 6.97. The predicted octanol–water partition coefficient (Wildman–Crippen LogP) is 5.53. The Labute approximate surface area is 132 Å². The third-order valence-electron chi connectivity index (χ3n) is 3.52. The van der Waals surface area contributed by atoms with Gasteiger partial charge in [-0.25, -0.2) is 8.78 Å². The van der Waals surface area contributed by atoms with Gasteiger partial charge in [0.1, 0.15) is 11.6 Å². The monoisotopic (exact) mass is 353 g/mol. The Morgan fingerprint density at radius 2 is 1.57 bits per heavy atom. The summed E-state index contributed by atoms with van der Waals surface area (Å²) in [5.74, 6) is -1.09. The molecule has 0 spiro atoms. The van der Waals surface area contributed by atoms with Gasteiger partial charge in [0.15, 0.2) is 0 Å². The normalized spacial score (nSPS) is 14.0. The first-order chi connectivity index (χ1) is 9.99. The number of halogens is 3. The van der Waals surface area contributed by atoms with Crippen LogP contribution in [0.5, 0.6) is 0 Å². The van der Waals surface area contributed by atoms with Crippen LogP contribution >= 0.6 is 15.9 Å². The fourth-order valence-electron chi connectivity index (χ4n) is 2.37. The van der Waals surface area contributed by atoms with Gasteiger partial charge in [-0.1, -0.05) is 35.0 Å². The molecule has 0 aliphatic heterocycles. The van der Waals surface area contributed by atoms with Gasteiger partial charge in [-0.05, 0) is 48.7 Å². The van der Waals surface area contributed by atoms with E-state index in [1.54, 1.807) is 0 Å². The minimum atomic E-state index is -0.546. The van der Waals surface area contributed by atoms with E-state index in [9.17, 15) is 8.78 Å². The third kappa shape index (κ3) is 4.35. The number of hydrogen-bond donors (Lipinski definition) is 1. The van der Waals surface area contributed by atoms with Crippen molar-refractivity contribution < 1.29 is 8.78 Å². The average molecular weight is 354 g/mol. The molecule has 2 unspecified atom stereocenters. The molecule has 112 valence electrons. The van der Waals surface area contributed by atoms with Gasteiger partial charge in [-0.2, -0.15) is 0 Å². The highest BCUT2D eigenvalue weighted by atomic mass is 79.9. The van der Waals surface area contributed by atoms with E-state index in [4.69, 9.17) is 0 Å². The maximum atomic E-state index is 13.3. The van der Waals surface area contributed by atoms with Gasteiger partial charge < -0.3 is 5.32 Å². The Morgan fingerprint density at radius 1 is 1.00 bits per heavy atom. The lowest BCUT2D eigenvalue weighted by Gasteiger charge is -2.23. The van der Waals surface area contributed by atoms with Crippen LogP contribution in [0.4, 0.5) is 8.78 Å². The molecule has 4 heteroatoms. The van der Waals surface area contributed by atoms with Crippen LogP contribution in [0.2, 0.25) is 0 Å². The van der Waals surface area contributed by atoms with Gasteiger partial charge in [0.25, 0.3) is 0 Å². The molecule has 0 bridgehead atoms. The molecule has 0 saturated carbocycles. The minimum Gasteiger partial charge on any atom is -0.303 e. The Balaban J connectivity index is 2.15. The van der Waals surface area contributed by atoms with Crippen molar-refractivity contribution in [3.63, 3.8) is 0 Å². The standard InChI is InChI=1S/C17H18BrF2N/c1-3-17(12-4-6-14(18)7-5-12)21-11(2)13-8-15(19)10-16(20)9-13/h4-11,17,21H,3H2,1-2H3. The summed E-state index contributed by atoms with van der Waals surface area (Å²) in [6.07, 6.45) is 0.893. The highest BCUT2D eigenvalue weighted by Gasteiger charge is 2.15. The zero-order chi connectivity index (χ0) is 15.4. The highest BCUT2D eigenvalue weighted by Crippen LogP contribution is 2.24. The van der Waals surface area contributed by atoms with Crippen LogP contribution in [0.25, 0.3) is 0 Å². The first-order valence-corrected chi connectivity index (χ1v) is 7.76. The molecule has 2 rings (SSSR count). The van der Waals surface area contributed by atoms with Crippen molar-refractivity contribution in [3.05, 3.63) is 69.7 Å². The number of benzene rings is 2. The predicted molar refractivity (Wildman–Crippen MR) is 85.1 cm³/mol. The van der Waals surface area contributed by atoms with Crippen molar-refractivity contribution in [2.45, 2.75) is 32.4 Å². The second kappa shape index (κ2) is 7.14. The van der Waals surface area contributed by atoms with E-state index in [2.05, 4.69) is 28.2 Å². The minimum absolute atomic E-state index is 0.135. The van der Waals surface area contributed by atoms with E-state index in [1.165, 1.54) is 12.1 Å². The van der Waals surface area contributed by atoms with Crippen LogP contribution < -0.4 is 5.32 Å². The lowest BCUT2D eigenvalue weighted by molar-refractivity contribution is 0.452. The zero-order valence-corrected chi connectivity index (χ0v) is 13.6. The van der Waals surface area contributed by atoms with Crippen LogP contribution in [-0.4, -0.2) is 0 Å². The smallest absolute Gasteiger partial charge is 0.126 e. The number of hydrogen-bond acceptors (Lipinski definition) is 1. The SMILES string of the molecule is CCC(NC(C)c1cc(F)cc(F)c1)c1ccc(Br)cc1. The largest absolute Gasteiger partial charge is 0.303 e. The van der Waals surface area contributed by atoms with Gasteiger partial charge in [-0.15, -0.1) is 0 Å². The Bertz CT molecular complexity index is 578. The fourth-order valence-corrected chi connectivity index (χ4v) is 2.63. The van der Waals surface area contributed by atoms with E-state index in [0.717, 1.165) is 22.5 Å². The molecular weight excluding hydrogens is 336 g/mol. The zero-order valence-electron chi connectivity index (χ0n) is 12.0. The van der Waals surface area contributed by atoms with Crippen molar-refractivity contribution in [3.8, 4) is 0 Å². The molecule has 2 aromatic rings. The second-order valence-electron chi connectivity index (χ2n) is 5.10. The molecule has 0 fully saturated rings. The summed E-state index contributed by atoms with van der Waals surface area (Å²) >= 11 is 3.42. The van der Waals surface area contributed by atoms with Gasteiger partial charge in [0, 0.05) is 22.6 Å². The molecule has 0 radical (unpaired) electrons. The topological polar surface area (TPSA) is 12.0 Å². The molecule has 2 aromatic carbocycles. The fraction of sp³-hybridized carbons (Fsp3) is 0.294. The summed E-state index contributed by atoms with van der Waals surface area (Å²) in [5, 5.41) is 3.42. The van der Waals surface area contributed by atoms with E-state index in [0.29, 0.717) is 5.56 Å². The summed E-state index contributed by atoms with van der Waals surface area (Å²) in [6.45, 7) is 3.99.